The number of hydrogen-bond acceptors (Lipinski definition) is 4. The summed E-state index contributed by atoms with van der Waals surface area (Å²) in [5.41, 5.74) is -0.0859. The van der Waals surface area contributed by atoms with Crippen LogP contribution in [0.1, 0.15) is 34.1 Å². The van der Waals surface area contributed by atoms with Crippen LogP contribution in [0.5, 0.6) is 0 Å². The Morgan fingerprint density at radius 1 is 0.720 bits per heavy atom. The Balaban J connectivity index is 2.03. The van der Waals surface area contributed by atoms with Crippen molar-refractivity contribution in [2.24, 2.45) is 10.8 Å². The Morgan fingerprint density at radius 3 is 1.32 bits per heavy atom. The van der Waals surface area contributed by atoms with Gasteiger partial charge in [0.25, 0.3) is 0 Å². The molecule has 0 radical (unpaired) electrons. The molecule has 118 valence electrons. The molecule has 6 rings (SSSR count). The number of hydrogen-bond donors (Lipinski definition) is 1. The zero-order chi connectivity index (χ0) is 17.4. The van der Waals surface area contributed by atoms with Crippen molar-refractivity contribution in [1.82, 2.24) is 5.32 Å². The van der Waals surface area contributed by atoms with E-state index < -0.39 is 34.5 Å². The fourth-order valence-electron chi connectivity index (χ4n) is 5.12. The van der Waals surface area contributed by atoms with Crippen LogP contribution in [-0.4, -0.2) is 11.8 Å². The summed E-state index contributed by atoms with van der Waals surface area (Å²) in [4.78, 5) is 25.7. The molecule has 2 aromatic rings. The maximum absolute atomic E-state index is 12.8. The molecule has 0 spiro atoms. The fourth-order valence-corrected chi connectivity index (χ4v) is 5.12. The second kappa shape index (κ2) is 4.15. The highest BCUT2D eigenvalue weighted by Crippen LogP contribution is 2.71. The standard InChI is InChI=1S/C20H11N3O2/c21-9-19-15-11-5-1-2-6-12(11)16(14-8-4-3-7-13(14)15)20(19,10-22)18(25)23-17(19)24/h1-8,15-16H,(H,23,24,25)/t15?,16?,19-,20+. The lowest BCUT2D eigenvalue weighted by molar-refractivity contribution is -0.130. The van der Waals surface area contributed by atoms with Crippen molar-refractivity contribution in [3.63, 3.8) is 0 Å². The zero-order valence-electron chi connectivity index (χ0n) is 13.0. The van der Waals surface area contributed by atoms with Gasteiger partial charge in [-0.25, -0.2) is 0 Å². The van der Waals surface area contributed by atoms with Gasteiger partial charge < -0.3 is 0 Å². The van der Waals surface area contributed by atoms with Crippen LogP contribution in [-0.2, 0) is 9.59 Å². The van der Waals surface area contributed by atoms with Gasteiger partial charge in [0.15, 0.2) is 10.8 Å². The number of benzene rings is 2. The van der Waals surface area contributed by atoms with Gasteiger partial charge in [-0.15, -0.1) is 0 Å². The Bertz CT molecular complexity index is 945. The molecule has 4 aliphatic rings. The molecule has 2 aromatic carbocycles. The third-order valence-electron chi connectivity index (χ3n) is 6.02. The van der Waals surface area contributed by atoms with E-state index >= 15 is 0 Å². The van der Waals surface area contributed by atoms with Crippen LogP contribution >= 0.6 is 0 Å². The van der Waals surface area contributed by atoms with Gasteiger partial charge in [-0.3, -0.25) is 14.9 Å². The second-order valence-electron chi connectivity index (χ2n) is 6.75. The monoisotopic (exact) mass is 325 g/mol. The van der Waals surface area contributed by atoms with Gasteiger partial charge in [-0.05, 0) is 22.3 Å². The third-order valence-corrected chi connectivity index (χ3v) is 6.02. The van der Waals surface area contributed by atoms with Crippen molar-refractivity contribution in [2.75, 3.05) is 0 Å². The van der Waals surface area contributed by atoms with E-state index in [0.29, 0.717) is 0 Å². The molecule has 1 saturated heterocycles. The zero-order valence-corrected chi connectivity index (χ0v) is 13.0. The average Bonchev–Trinajstić information content (AvgIpc) is 2.89. The maximum atomic E-state index is 12.8. The number of carbonyl (C=O) groups excluding carboxylic acids is 2. The lowest BCUT2D eigenvalue weighted by atomic mass is 9.42. The van der Waals surface area contributed by atoms with Gasteiger partial charge in [0, 0.05) is 11.8 Å². The molecule has 1 fully saturated rings. The number of amides is 2. The molecule has 1 heterocycles. The van der Waals surface area contributed by atoms with Gasteiger partial charge in [0.2, 0.25) is 11.8 Å². The number of nitrogens with one attached hydrogen (secondary N) is 1. The first-order chi connectivity index (χ1) is 12.1. The van der Waals surface area contributed by atoms with Gasteiger partial charge in [0.05, 0.1) is 12.1 Å². The van der Waals surface area contributed by atoms with Crippen LogP contribution in [0.2, 0.25) is 0 Å². The third kappa shape index (κ3) is 1.18. The summed E-state index contributed by atoms with van der Waals surface area (Å²) >= 11 is 0. The highest BCUT2D eigenvalue weighted by molar-refractivity contribution is 6.15. The van der Waals surface area contributed by atoms with E-state index in [9.17, 15) is 20.1 Å². The highest BCUT2D eigenvalue weighted by Gasteiger charge is 2.79. The summed E-state index contributed by atoms with van der Waals surface area (Å²) in [6.07, 6.45) is 0. The molecule has 1 N–H and O–H groups in total. The first kappa shape index (κ1) is 13.9. The van der Waals surface area contributed by atoms with Crippen LogP contribution in [0.25, 0.3) is 0 Å². The topological polar surface area (TPSA) is 93.8 Å². The first-order valence-electron chi connectivity index (χ1n) is 7.99. The Hall–Kier alpha value is -3.44. The average molecular weight is 325 g/mol. The lowest BCUT2D eigenvalue weighted by Crippen LogP contribution is -2.57. The van der Waals surface area contributed by atoms with Crippen molar-refractivity contribution in [1.29, 1.82) is 10.5 Å². The number of nitrogens with zero attached hydrogens (tertiary/aromatic N) is 2. The van der Waals surface area contributed by atoms with Gasteiger partial charge in [-0.2, -0.15) is 10.5 Å². The van der Waals surface area contributed by atoms with E-state index in [1.165, 1.54) is 0 Å². The lowest BCUT2D eigenvalue weighted by Gasteiger charge is -2.53. The van der Waals surface area contributed by atoms with Crippen LogP contribution in [0.4, 0.5) is 0 Å². The van der Waals surface area contributed by atoms with E-state index in [1.807, 2.05) is 48.5 Å². The molecule has 2 bridgehead atoms. The fraction of sp³-hybridized carbons (Fsp3) is 0.200. The minimum absolute atomic E-state index is 0.638. The van der Waals surface area contributed by atoms with Crippen LogP contribution < -0.4 is 5.32 Å². The highest BCUT2D eigenvalue weighted by atomic mass is 16.2. The molecule has 0 unspecified atom stereocenters. The van der Waals surface area contributed by atoms with Crippen molar-refractivity contribution in [2.45, 2.75) is 11.8 Å². The quantitative estimate of drug-likeness (QED) is 0.749. The summed E-state index contributed by atoms with van der Waals surface area (Å²) in [6.45, 7) is 0. The van der Waals surface area contributed by atoms with E-state index in [1.54, 1.807) is 0 Å². The summed E-state index contributed by atoms with van der Waals surface area (Å²) in [5.74, 6) is -2.61. The predicted molar refractivity (Wildman–Crippen MR) is 85.8 cm³/mol. The number of nitriles is 2. The molecule has 1 aliphatic heterocycles. The molecule has 25 heavy (non-hydrogen) atoms. The molecule has 2 amide bonds. The second-order valence-corrected chi connectivity index (χ2v) is 6.75. The van der Waals surface area contributed by atoms with E-state index in [2.05, 4.69) is 17.5 Å². The minimum atomic E-state index is -1.74. The summed E-state index contributed by atoms with van der Waals surface area (Å²) < 4.78 is 0. The molecule has 0 aromatic heterocycles. The number of imide groups is 1. The Morgan fingerprint density at radius 2 is 1.04 bits per heavy atom. The van der Waals surface area contributed by atoms with Crippen LogP contribution in [0.15, 0.2) is 48.5 Å². The van der Waals surface area contributed by atoms with Gasteiger partial charge in [-0.1, -0.05) is 48.5 Å². The molecular formula is C20H11N3O2. The summed E-state index contributed by atoms with van der Waals surface area (Å²) in [7, 11) is 0. The summed E-state index contributed by atoms with van der Waals surface area (Å²) in [5, 5.41) is 22.5. The molecule has 5 nitrogen and oxygen atoms in total. The molecule has 2 atom stereocenters. The first-order valence-corrected chi connectivity index (χ1v) is 7.99. The van der Waals surface area contributed by atoms with E-state index in [-0.39, 0.29) is 0 Å². The predicted octanol–water partition coefficient (Wildman–Crippen LogP) is 1.95. The normalized spacial score (nSPS) is 33.5. The van der Waals surface area contributed by atoms with Crippen molar-refractivity contribution in [3.05, 3.63) is 70.8 Å². The van der Waals surface area contributed by atoms with Crippen LogP contribution in [0, 0.1) is 33.5 Å². The van der Waals surface area contributed by atoms with Crippen molar-refractivity contribution in [3.8, 4) is 12.1 Å². The molecule has 5 heteroatoms. The number of rotatable bonds is 0. The smallest absolute Gasteiger partial charge is 0.250 e. The number of carbonyl (C=O) groups is 2. The van der Waals surface area contributed by atoms with Crippen molar-refractivity contribution >= 4 is 11.8 Å². The maximum Gasteiger partial charge on any atom is 0.250 e. The van der Waals surface area contributed by atoms with E-state index in [0.717, 1.165) is 22.3 Å². The molecule has 3 aliphatic carbocycles. The van der Waals surface area contributed by atoms with E-state index in [4.69, 9.17) is 0 Å². The van der Waals surface area contributed by atoms with Crippen molar-refractivity contribution < 1.29 is 9.59 Å². The Kier molecular flexibility index (Phi) is 2.31. The molecular weight excluding hydrogens is 314 g/mol. The largest absolute Gasteiger partial charge is 0.293 e. The summed E-state index contributed by atoms with van der Waals surface area (Å²) in [6, 6.07) is 19.2. The van der Waals surface area contributed by atoms with Gasteiger partial charge >= 0.3 is 0 Å². The van der Waals surface area contributed by atoms with Crippen LogP contribution in [0.3, 0.4) is 0 Å². The SMILES string of the molecule is N#C[C@@]12C(=O)NC(=O)[C@]1(C#N)C1c3ccccc3C2c2ccccc21. The molecule has 0 saturated carbocycles. The minimum Gasteiger partial charge on any atom is -0.293 e. The Labute approximate surface area is 143 Å². The van der Waals surface area contributed by atoms with Gasteiger partial charge in [0.1, 0.15) is 0 Å².